The lowest BCUT2D eigenvalue weighted by Gasteiger charge is -2.13. The summed E-state index contributed by atoms with van der Waals surface area (Å²) < 4.78 is 0. The van der Waals surface area contributed by atoms with E-state index in [2.05, 4.69) is 12.2 Å². The Balaban J connectivity index is 2.41. The zero-order chi connectivity index (χ0) is 14.8. The molecule has 0 aliphatic heterocycles. The van der Waals surface area contributed by atoms with Crippen LogP contribution in [-0.2, 0) is 16.1 Å². The summed E-state index contributed by atoms with van der Waals surface area (Å²) in [7, 11) is 0. The van der Waals surface area contributed by atoms with E-state index in [4.69, 9.17) is 5.73 Å². The Kier molecular flexibility index (Phi) is 7.40. The van der Waals surface area contributed by atoms with E-state index in [1.807, 2.05) is 30.3 Å². The van der Waals surface area contributed by atoms with Gasteiger partial charge in [0.15, 0.2) is 0 Å². The molecule has 0 heterocycles. The number of hydrogen-bond acceptors (Lipinski definition) is 2. The predicted octanol–water partition coefficient (Wildman–Crippen LogP) is 2.37. The maximum absolute atomic E-state index is 12.0. The first-order valence-corrected chi connectivity index (χ1v) is 7.26. The van der Waals surface area contributed by atoms with Crippen LogP contribution in [0, 0.1) is 5.92 Å². The molecule has 1 aromatic rings. The average Bonchev–Trinajstić information content (AvgIpc) is 2.45. The zero-order valence-corrected chi connectivity index (χ0v) is 12.1. The van der Waals surface area contributed by atoms with Crippen molar-refractivity contribution in [1.82, 2.24) is 5.32 Å². The Bertz CT molecular complexity index is 418. The second-order valence-corrected chi connectivity index (χ2v) is 5.01. The van der Waals surface area contributed by atoms with E-state index in [1.165, 1.54) is 0 Å². The molecule has 4 heteroatoms. The number of hydrogen-bond donors (Lipinski definition) is 2. The van der Waals surface area contributed by atoms with Crippen molar-refractivity contribution in [2.45, 2.75) is 45.6 Å². The van der Waals surface area contributed by atoms with Crippen molar-refractivity contribution < 1.29 is 9.59 Å². The number of nitrogens with two attached hydrogens (primary N) is 1. The van der Waals surface area contributed by atoms with Gasteiger partial charge in [0.1, 0.15) is 5.92 Å². The molecule has 2 amide bonds. The monoisotopic (exact) mass is 276 g/mol. The first-order chi connectivity index (χ1) is 9.65. The van der Waals surface area contributed by atoms with Crippen molar-refractivity contribution in [3.8, 4) is 0 Å². The van der Waals surface area contributed by atoms with E-state index >= 15 is 0 Å². The summed E-state index contributed by atoms with van der Waals surface area (Å²) in [6.45, 7) is 2.55. The van der Waals surface area contributed by atoms with E-state index in [0.29, 0.717) is 13.0 Å². The smallest absolute Gasteiger partial charge is 0.232 e. The van der Waals surface area contributed by atoms with Crippen LogP contribution in [-0.4, -0.2) is 11.8 Å². The highest BCUT2D eigenvalue weighted by atomic mass is 16.2. The van der Waals surface area contributed by atoms with Crippen molar-refractivity contribution in [3.63, 3.8) is 0 Å². The maximum Gasteiger partial charge on any atom is 0.232 e. The first-order valence-electron chi connectivity index (χ1n) is 7.26. The topological polar surface area (TPSA) is 72.2 Å². The number of carbonyl (C=O) groups is 2. The van der Waals surface area contributed by atoms with Crippen LogP contribution in [0.5, 0.6) is 0 Å². The highest BCUT2D eigenvalue weighted by Gasteiger charge is 2.23. The Hall–Kier alpha value is -1.84. The molecular weight excluding hydrogens is 252 g/mol. The molecule has 1 rings (SSSR count). The molecular formula is C16H24N2O2. The molecule has 4 nitrogen and oxygen atoms in total. The fourth-order valence-electron chi connectivity index (χ4n) is 2.09. The number of rotatable bonds is 9. The van der Waals surface area contributed by atoms with Crippen LogP contribution in [0.2, 0.25) is 0 Å². The molecule has 0 aliphatic carbocycles. The molecule has 3 N–H and O–H groups in total. The van der Waals surface area contributed by atoms with Crippen LogP contribution in [0.1, 0.15) is 44.6 Å². The van der Waals surface area contributed by atoms with Crippen molar-refractivity contribution in [2.24, 2.45) is 11.7 Å². The summed E-state index contributed by atoms with van der Waals surface area (Å²) in [5.41, 5.74) is 6.33. The lowest BCUT2D eigenvalue weighted by Crippen LogP contribution is -2.38. The van der Waals surface area contributed by atoms with Crippen LogP contribution in [0.15, 0.2) is 30.3 Å². The van der Waals surface area contributed by atoms with Crippen molar-refractivity contribution in [2.75, 3.05) is 0 Å². The maximum atomic E-state index is 12.0. The minimum Gasteiger partial charge on any atom is -0.369 e. The zero-order valence-electron chi connectivity index (χ0n) is 12.1. The standard InChI is InChI=1S/C16H24N2O2/c1-2-3-4-8-11-14(15(17)19)16(20)18-12-13-9-6-5-7-10-13/h5-7,9-10,14H,2-4,8,11-12H2,1H3,(H2,17,19)(H,18,20). The molecule has 1 aromatic carbocycles. The van der Waals surface area contributed by atoms with Gasteiger partial charge in [-0.05, 0) is 12.0 Å². The number of benzene rings is 1. The third-order valence-electron chi connectivity index (χ3n) is 3.32. The summed E-state index contributed by atoms with van der Waals surface area (Å²) in [4.78, 5) is 23.4. The summed E-state index contributed by atoms with van der Waals surface area (Å²) in [5.74, 6) is -1.51. The number of carbonyl (C=O) groups excluding carboxylic acids is 2. The third-order valence-corrected chi connectivity index (χ3v) is 3.32. The highest BCUT2D eigenvalue weighted by Crippen LogP contribution is 2.11. The van der Waals surface area contributed by atoms with Gasteiger partial charge in [0.05, 0.1) is 0 Å². The van der Waals surface area contributed by atoms with Gasteiger partial charge in [0, 0.05) is 6.54 Å². The summed E-state index contributed by atoms with van der Waals surface area (Å²) in [6.07, 6.45) is 4.68. The van der Waals surface area contributed by atoms with Gasteiger partial charge in [-0.2, -0.15) is 0 Å². The quantitative estimate of drug-likeness (QED) is 0.537. The molecule has 1 atom stereocenters. The molecule has 0 saturated carbocycles. The van der Waals surface area contributed by atoms with Gasteiger partial charge in [-0.15, -0.1) is 0 Å². The van der Waals surface area contributed by atoms with E-state index in [1.54, 1.807) is 0 Å². The molecule has 0 aliphatic rings. The molecule has 0 aromatic heterocycles. The Labute approximate surface area is 120 Å². The Morgan fingerprint density at radius 2 is 1.85 bits per heavy atom. The number of unbranched alkanes of at least 4 members (excludes halogenated alkanes) is 3. The fraction of sp³-hybridized carbons (Fsp3) is 0.500. The molecule has 0 spiro atoms. The minimum atomic E-state index is -0.712. The Morgan fingerprint density at radius 1 is 1.15 bits per heavy atom. The number of nitrogens with one attached hydrogen (secondary N) is 1. The average molecular weight is 276 g/mol. The molecule has 110 valence electrons. The molecule has 20 heavy (non-hydrogen) atoms. The van der Waals surface area contributed by atoms with Crippen LogP contribution >= 0.6 is 0 Å². The fourth-order valence-corrected chi connectivity index (χ4v) is 2.09. The SMILES string of the molecule is CCCCCCC(C(N)=O)C(=O)NCc1ccccc1. The van der Waals surface area contributed by atoms with Crippen LogP contribution < -0.4 is 11.1 Å². The third kappa shape index (κ3) is 5.87. The summed E-state index contributed by atoms with van der Waals surface area (Å²) >= 11 is 0. The van der Waals surface area contributed by atoms with Gasteiger partial charge in [-0.3, -0.25) is 9.59 Å². The first kappa shape index (κ1) is 16.2. The van der Waals surface area contributed by atoms with Gasteiger partial charge in [0.2, 0.25) is 11.8 Å². The summed E-state index contributed by atoms with van der Waals surface area (Å²) in [5, 5.41) is 2.78. The lowest BCUT2D eigenvalue weighted by atomic mass is 9.99. The second kappa shape index (κ2) is 9.13. The van der Waals surface area contributed by atoms with Crippen LogP contribution in [0.3, 0.4) is 0 Å². The normalized spacial score (nSPS) is 11.8. The van der Waals surface area contributed by atoms with Gasteiger partial charge < -0.3 is 11.1 Å². The van der Waals surface area contributed by atoms with Crippen molar-refractivity contribution >= 4 is 11.8 Å². The molecule has 1 unspecified atom stereocenters. The number of primary amides is 1. The van der Waals surface area contributed by atoms with Crippen molar-refractivity contribution in [1.29, 1.82) is 0 Å². The lowest BCUT2D eigenvalue weighted by molar-refractivity contribution is -0.133. The molecule has 0 radical (unpaired) electrons. The Morgan fingerprint density at radius 3 is 2.45 bits per heavy atom. The van der Waals surface area contributed by atoms with Crippen LogP contribution in [0.4, 0.5) is 0 Å². The molecule has 0 saturated heterocycles. The second-order valence-electron chi connectivity index (χ2n) is 5.01. The minimum absolute atomic E-state index is 0.266. The van der Waals surface area contributed by atoms with E-state index in [-0.39, 0.29) is 5.91 Å². The highest BCUT2D eigenvalue weighted by molar-refractivity contribution is 5.99. The van der Waals surface area contributed by atoms with Gasteiger partial charge in [-0.25, -0.2) is 0 Å². The van der Waals surface area contributed by atoms with E-state index < -0.39 is 11.8 Å². The number of amides is 2. The van der Waals surface area contributed by atoms with Gasteiger partial charge in [0.25, 0.3) is 0 Å². The predicted molar refractivity (Wildman–Crippen MR) is 79.7 cm³/mol. The van der Waals surface area contributed by atoms with E-state index in [0.717, 1.165) is 31.2 Å². The van der Waals surface area contributed by atoms with Gasteiger partial charge >= 0.3 is 0 Å². The summed E-state index contributed by atoms with van der Waals surface area (Å²) in [6, 6.07) is 9.61. The molecule has 0 bridgehead atoms. The van der Waals surface area contributed by atoms with Gasteiger partial charge in [-0.1, -0.05) is 62.9 Å². The van der Waals surface area contributed by atoms with Crippen molar-refractivity contribution in [3.05, 3.63) is 35.9 Å². The van der Waals surface area contributed by atoms with Crippen LogP contribution in [0.25, 0.3) is 0 Å². The molecule has 0 fully saturated rings. The van der Waals surface area contributed by atoms with E-state index in [9.17, 15) is 9.59 Å². The largest absolute Gasteiger partial charge is 0.369 e.